The van der Waals surface area contributed by atoms with Crippen LogP contribution in [0, 0.1) is 20.8 Å². The van der Waals surface area contributed by atoms with Gasteiger partial charge in [-0.25, -0.2) is 0 Å². The van der Waals surface area contributed by atoms with Gasteiger partial charge in [0.25, 0.3) is 0 Å². The van der Waals surface area contributed by atoms with Gasteiger partial charge in [-0.3, -0.25) is 0 Å². The molecule has 1 aromatic carbocycles. The Morgan fingerprint density at radius 3 is 2.29 bits per heavy atom. The zero-order valence-electron chi connectivity index (χ0n) is 9.35. The average Bonchev–Trinajstić information content (AvgIpc) is 2.09. The van der Waals surface area contributed by atoms with Gasteiger partial charge in [-0.1, -0.05) is 23.8 Å². The summed E-state index contributed by atoms with van der Waals surface area (Å²) >= 11 is 0. The summed E-state index contributed by atoms with van der Waals surface area (Å²) in [7, 11) is 0. The monoisotopic (exact) mass is 189 g/mol. The van der Waals surface area contributed by atoms with Crippen LogP contribution in [0.5, 0.6) is 0 Å². The highest BCUT2D eigenvalue weighted by Gasteiger charge is 2.02. The number of hydrogen-bond donors (Lipinski definition) is 1. The minimum Gasteiger partial charge on any atom is -0.309 e. The molecule has 0 radical (unpaired) electrons. The van der Waals surface area contributed by atoms with Crippen LogP contribution in [0.4, 0.5) is 0 Å². The fraction of sp³-hybridized carbons (Fsp3) is 0.385. The van der Waals surface area contributed by atoms with Gasteiger partial charge in [0.1, 0.15) is 0 Å². The molecular formula is C13H19N. The van der Waals surface area contributed by atoms with Crippen LogP contribution in [-0.4, -0.2) is 6.54 Å². The summed E-state index contributed by atoms with van der Waals surface area (Å²) in [6, 6.07) is 4.47. The van der Waals surface area contributed by atoms with Gasteiger partial charge >= 0.3 is 0 Å². The molecule has 0 amide bonds. The Morgan fingerprint density at radius 1 is 1.21 bits per heavy atom. The molecule has 1 aromatic rings. The molecule has 76 valence electrons. The normalized spacial score (nSPS) is 10.2. The van der Waals surface area contributed by atoms with Gasteiger partial charge in [0.05, 0.1) is 0 Å². The zero-order chi connectivity index (χ0) is 10.6. The van der Waals surface area contributed by atoms with Crippen molar-refractivity contribution in [3.8, 4) is 0 Å². The number of hydrogen-bond acceptors (Lipinski definition) is 1. The van der Waals surface area contributed by atoms with Crippen molar-refractivity contribution in [1.29, 1.82) is 0 Å². The van der Waals surface area contributed by atoms with E-state index in [1.54, 1.807) is 0 Å². The molecule has 0 fully saturated rings. The van der Waals surface area contributed by atoms with Crippen LogP contribution in [0.25, 0.3) is 0 Å². The summed E-state index contributed by atoms with van der Waals surface area (Å²) in [5, 5.41) is 3.33. The summed E-state index contributed by atoms with van der Waals surface area (Å²) in [6.45, 7) is 12.0. The van der Waals surface area contributed by atoms with Crippen molar-refractivity contribution in [2.24, 2.45) is 0 Å². The largest absolute Gasteiger partial charge is 0.309 e. The van der Waals surface area contributed by atoms with E-state index in [9.17, 15) is 0 Å². The number of aryl methyl sites for hydroxylation is 3. The predicted molar refractivity (Wildman–Crippen MR) is 62.6 cm³/mol. The number of benzene rings is 1. The van der Waals surface area contributed by atoms with Crippen molar-refractivity contribution >= 4 is 0 Å². The third kappa shape index (κ3) is 2.71. The summed E-state index contributed by atoms with van der Waals surface area (Å²) in [6.07, 6.45) is 1.89. The Kier molecular flexibility index (Phi) is 3.90. The van der Waals surface area contributed by atoms with E-state index >= 15 is 0 Å². The van der Waals surface area contributed by atoms with Gasteiger partial charge in [0.2, 0.25) is 0 Å². The zero-order valence-corrected chi connectivity index (χ0v) is 9.35. The molecule has 0 saturated carbocycles. The molecule has 0 heterocycles. The number of nitrogens with one attached hydrogen (secondary N) is 1. The van der Waals surface area contributed by atoms with Gasteiger partial charge in [-0.15, -0.1) is 6.58 Å². The maximum atomic E-state index is 3.69. The Bertz CT molecular complexity index is 303. The van der Waals surface area contributed by atoms with Gasteiger partial charge in [-0.05, 0) is 37.5 Å². The molecule has 0 unspecified atom stereocenters. The molecule has 1 N–H and O–H groups in total. The van der Waals surface area contributed by atoms with Crippen LogP contribution in [0.2, 0.25) is 0 Å². The Hall–Kier alpha value is -1.08. The molecular weight excluding hydrogens is 170 g/mol. The summed E-state index contributed by atoms with van der Waals surface area (Å²) in [5.41, 5.74) is 5.50. The first-order chi connectivity index (χ1) is 6.65. The van der Waals surface area contributed by atoms with Crippen molar-refractivity contribution in [3.05, 3.63) is 47.0 Å². The van der Waals surface area contributed by atoms with E-state index in [2.05, 4.69) is 44.8 Å². The van der Waals surface area contributed by atoms with Crippen LogP contribution >= 0.6 is 0 Å². The fourth-order valence-corrected chi connectivity index (χ4v) is 1.79. The Balaban J connectivity index is 2.80. The van der Waals surface area contributed by atoms with Gasteiger partial charge in [0.15, 0.2) is 0 Å². The molecule has 0 aliphatic heterocycles. The fourth-order valence-electron chi connectivity index (χ4n) is 1.79. The molecule has 0 atom stereocenters. The molecule has 0 saturated heterocycles. The van der Waals surface area contributed by atoms with Crippen LogP contribution < -0.4 is 5.32 Å². The first-order valence-electron chi connectivity index (χ1n) is 5.03. The summed E-state index contributed by atoms with van der Waals surface area (Å²) in [5.74, 6) is 0. The Labute approximate surface area is 86.8 Å². The molecule has 0 aromatic heterocycles. The van der Waals surface area contributed by atoms with E-state index in [0.29, 0.717) is 0 Å². The van der Waals surface area contributed by atoms with Gasteiger partial charge in [0, 0.05) is 13.1 Å². The summed E-state index contributed by atoms with van der Waals surface area (Å²) in [4.78, 5) is 0. The molecule has 0 aliphatic rings. The third-order valence-corrected chi connectivity index (χ3v) is 2.43. The van der Waals surface area contributed by atoms with Crippen LogP contribution in [-0.2, 0) is 6.54 Å². The SMILES string of the molecule is C=CCNCc1c(C)cc(C)cc1C. The highest BCUT2D eigenvalue weighted by Crippen LogP contribution is 2.15. The highest BCUT2D eigenvalue weighted by molar-refractivity contribution is 5.37. The average molecular weight is 189 g/mol. The lowest BCUT2D eigenvalue weighted by Gasteiger charge is -2.11. The van der Waals surface area contributed by atoms with E-state index in [0.717, 1.165) is 13.1 Å². The van der Waals surface area contributed by atoms with E-state index < -0.39 is 0 Å². The lowest BCUT2D eigenvalue weighted by atomic mass is 10.00. The number of rotatable bonds is 4. The smallest absolute Gasteiger partial charge is 0.0213 e. The molecule has 0 aliphatic carbocycles. The standard InChI is InChI=1S/C13H19N/c1-5-6-14-9-13-11(3)7-10(2)8-12(13)4/h5,7-8,14H,1,6,9H2,2-4H3. The molecule has 0 spiro atoms. The van der Waals surface area contributed by atoms with Crippen molar-refractivity contribution in [1.82, 2.24) is 5.32 Å². The highest BCUT2D eigenvalue weighted by atomic mass is 14.8. The first kappa shape index (κ1) is 11.0. The van der Waals surface area contributed by atoms with Gasteiger partial charge in [-0.2, -0.15) is 0 Å². The minimum absolute atomic E-state index is 0.868. The summed E-state index contributed by atoms with van der Waals surface area (Å²) < 4.78 is 0. The van der Waals surface area contributed by atoms with E-state index in [4.69, 9.17) is 0 Å². The lowest BCUT2D eigenvalue weighted by Crippen LogP contribution is -2.14. The van der Waals surface area contributed by atoms with Crippen molar-refractivity contribution in [2.45, 2.75) is 27.3 Å². The second-order valence-electron chi connectivity index (χ2n) is 3.80. The minimum atomic E-state index is 0.868. The molecule has 0 bridgehead atoms. The molecule has 14 heavy (non-hydrogen) atoms. The van der Waals surface area contributed by atoms with E-state index in [1.165, 1.54) is 22.3 Å². The van der Waals surface area contributed by atoms with Crippen LogP contribution in [0.1, 0.15) is 22.3 Å². The van der Waals surface area contributed by atoms with Crippen molar-refractivity contribution < 1.29 is 0 Å². The van der Waals surface area contributed by atoms with Crippen molar-refractivity contribution in [2.75, 3.05) is 6.54 Å². The van der Waals surface area contributed by atoms with Crippen LogP contribution in [0.15, 0.2) is 24.8 Å². The maximum absolute atomic E-state index is 3.69. The van der Waals surface area contributed by atoms with Crippen molar-refractivity contribution in [3.63, 3.8) is 0 Å². The topological polar surface area (TPSA) is 12.0 Å². The Morgan fingerprint density at radius 2 is 1.79 bits per heavy atom. The molecule has 1 rings (SSSR count). The van der Waals surface area contributed by atoms with Gasteiger partial charge < -0.3 is 5.32 Å². The quantitative estimate of drug-likeness (QED) is 0.567. The molecule has 1 nitrogen and oxygen atoms in total. The second-order valence-corrected chi connectivity index (χ2v) is 3.80. The van der Waals surface area contributed by atoms with E-state index in [1.807, 2.05) is 6.08 Å². The molecule has 1 heteroatoms. The van der Waals surface area contributed by atoms with Crippen LogP contribution in [0.3, 0.4) is 0 Å². The maximum Gasteiger partial charge on any atom is 0.0213 e. The third-order valence-electron chi connectivity index (χ3n) is 2.43. The second kappa shape index (κ2) is 4.97. The predicted octanol–water partition coefficient (Wildman–Crippen LogP) is 2.89. The lowest BCUT2D eigenvalue weighted by molar-refractivity contribution is 0.752. The first-order valence-corrected chi connectivity index (χ1v) is 5.03. The van der Waals surface area contributed by atoms with E-state index in [-0.39, 0.29) is 0 Å².